The summed E-state index contributed by atoms with van der Waals surface area (Å²) in [5.74, 6) is 1.24. The van der Waals surface area contributed by atoms with Crippen molar-refractivity contribution < 1.29 is 9.66 Å². The molecular weight excluding hydrogens is 586 g/mol. The molecule has 208 valence electrons. The van der Waals surface area contributed by atoms with Gasteiger partial charge in [-0.3, -0.25) is 14.9 Å². The Kier molecular flexibility index (Phi) is 7.85. The van der Waals surface area contributed by atoms with Gasteiger partial charge in [0.05, 0.1) is 22.0 Å². The smallest absolute Gasteiger partial charge is 0.282 e. The zero-order valence-electron chi connectivity index (χ0n) is 23.0. The Balaban J connectivity index is 1.40. The molecule has 2 aromatic heterocycles. The number of halogens is 1. The molecule has 0 radical (unpaired) electrons. The molecule has 0 aliphatic rings. The second-order valence-electron chi connectivity index (χ2n) is 10.0. The van der Waals surface area contributed by atoms with Crippen LogP contribution in [0.15, 0.2) is 87.2 Å². The summed E-state index contributed by atoms with van der Waals surface area (Å²) in [6, 6.07) is 21.5. The Morgan fingerprint density at radius 2 is 1.83 bits per heavy atom. The Hall–Kier alpha value is -4.57. The lowest BCUT2D eigenvalue weighted by atomic mass is 10.2. The number of aromatic nitrogens is 3. The molecule has 10 heteroatoms. The summed E-state index contributed by atoms with van der Waals surface area (Å²) in [5.41, 5.74) is 4.98. The highest BCUT2D eigenvalue weighted by Crippen LogP contribution is 2.24. The van der Waals surface area contributed by atoms with Gasteiger partial charge in [0, 0.05) is 45.2 Å². The first kappa shape index (κ1) is 28.0. The van der Waals surface area contributed by atoms with Crippen molar-refractivity contribution in [1.82, 2.24) is 14.2 Å². The third kappa shape index (κ3) is 5.83. The van der Waals surface area contributed by atoms with Gasteiger partial charge in [0.2, 0.25) is 0 Å². The van der Waals surface area contributed by atoms with Gasteiger partial charge in [0.25, 0.3) is 11.2 Å². The molecule has 9 nitrogen and oxygen atoms in total. The molecule has 2 heterocycles. The first-order chi connectivity index (χ1) is 19.6. The van der Waals surface area contributed by atoms with Crippen molar-refractivity contribution in [2.75, 3.05) is 0 Å². The van der Waals surface area contributed by atoms with Crippen LogP contribution in [0, 0.1) is 24.0 Å². The largest absolute Gasteiger partial charge is 0.489 e. The molecule has 0 bridgehead atoms. The van der Waals surface area contributed by atoms with Gasteiger partial charge in [-0.2, -0.15) is 9.78 Å². The first-order valence-corrected chi connectivity index (χ1v) is 13.8. The van der Waals surface area contributed by atoms with Crippen molar-refractivity contribution >= 4 is 38.7 Å². The summed E-state index contributed by atoms with van der Waals surface area (Å²) in [6.45, 7) is 8.21. The Morgan fingerprint density at radius 1 is 1.07 bits per heavy atom. The quantitative estimate of drug-likeness (QED) is 0.106. The lowest BCUT2D eigenvalue weighted by molar-refractivity contribution is -0.384. The molecular formula is C31H28BrN5O4. The summed E-state index contributed by atoms with van der Waals surface area (Å²) in [4.78, 5) is 28.7. The van der Waals surface area contributed by atoms with E-state index in [1.807, 2.05) is 70.2 Å². The number of ether oxygens (including phenoxy) is 1. The molecule has 3 aromatic carbocycles. The third-order valence-electron chi connectivity index (χ3n) is 6.75. The number of fused-ring (bicyclic) bond motifs is 1. The van der Waals surface area contributed by atoms with Crippen LogP contribution in [0.25, 0.3) is 16.6 Å². The van der Waals surface area contributed by atoms with Crippen LogP contribution in [0.4, 0.5) is 5.69 Å². The maximum absolute atomic E-state index is 13.4. The van der Waals surface area contributed by atoms with Crippen LogP contribution in [0.5, 0.6) is 5.75 Å². The average molecular weight is 615 g/mol. The summed E-state index contributed by atoms with van der Waals surface area (Å²) in [7, 11) is 0. The fourth-order valence-electron chi connectivity index (χ4n) is 4.70. The van der Waals surface area contributed by atoms with E-state index in [1.165, 1.54) is 16.8 Å². The van der Waals surface area contributed by atoms with Gasteiger partial charge in [0.1, 0.15) is 18.2 Å². The number of rotatable bonds is 8. The maximum atomic E-state index is 13.4. The summed E-state index contributed by atoms with van der Waals surface area (Å²) >= 11 is 3.44. The van der Waals surface area contributed by atoms with E-state index in [0.717, 1.165) is 32.7 Å². The highest BCUT2D eigenvalue weighted by Gasteiger charge is 2.15. The number of hydrogen-bond acceptors (Lipinski definition) is 6. The summed E-state index contributed by atoms with van der Waals surface area (Å²) in [6.07, 6.45) is 1.70. The molecule has 0 spiro atoms. The van der Waals surface area contributed by atoms with Gasteiger partial charge in [-0.05, 0) is 67.9 Å². The van der Waals surface area contributed by atoms with Gasteiger partial charge in [-0.25, -0.2) is 4.98 Å². The van der Waals surface area contributed by atoms with Crippen molar-refractivity contribution in [2.45, 2.75) is 40.2 Å². The normalized spacial score (nSPS) is 11.6. The van der Waals surface area contributed by atoms with E-state index < -0.39 is 4.92 Å². The fraction of sp³-hybridized carbons (Fsp3) is 0.194. The van der Waals surface area contributed by atoms with Crippen LogP contribution in [0.2, 0.25) is 0 Å². The summed E-state index contributed by atoms with van der Waals surface area (Å²) in [5, 5.41) is 16.1. The second-order valence-corrected chi connectivity index (χ2v) is 10.9. The van der Waals surface area contributed by atoms with Crippen molar-refractivity contribution in [1.29, 1.82) is 0 Å². The molecule has 0 unspecified atom stereocenters. The number of nitrogens with zero attached hydrogens (tertiary/aromatic N) is 5. The van der Waals surface area contributed by atoms with Gasteiger partial charge >= 0.3 is 0 Å². The maximum Gasteiger partial charge on any atom is 0.282 e. The van der Waals surface area contributed by atoms with Crippen molar-refractivity contribution in [3.63, 3.8) is 0 Å². The van der Waals surface area contributed by atoms with E-state index in [0.29, 0.717) is 22.5 Å². The van der Waals surface area contributed by atoms with Crippen LogP contribution in [0.1, 0.15) is 48.1 Å². The van der Waals surface area contributed by atoms with Crippen LogP contribution in [-0.4, -0.2) is 25.4 Å². The van der Waals surface area contributed by atoms with Gasteiger partial charge in [-0.1, -0.05) is 41.9 Å². The Morgan fingerprint density at radius 3 is 2.54 bits per heavy atom. The molecule has 41 heavy (non-hydrogen) atoms. The van der Waals surface area contributed by atoms with Gasteiger partial charge < -0.3 is 9.30 Å². The molecule has 0 N–H and O–H groups in total. The number of nitro benzene ring substituents is 1. The monoisotopic (exact) mass is 613 g/mol. The molecule has 5 rings (SSSR count). The van der Waals surface area contributed by atoms with E-state index >= 15 is 0 Å². The Labute approximate surface area is 245 Å². The summed E-state index contributed by atoms with van der Waals surface area (Å²) < 4.78 is 10.2. The molecule has 5 aromatic rings. The fourth-order valence-corrected chi connectivity index (χ4v) is 5.07. The van der Waals surface area contributed by atoms with E-state index in [9.17, 15) is 14.9 Å². The zero-order chi connectivity index (χ0) is 29.3. The topological polar surface area (TPSA) is 105 Å². The zero-order valence-corrected chi connectivity index (χ0v) is 24.6. The van der Waals surface area contributed by atoms with Crippen LogP contribution < -0.4 is 10.3 Å². The van der Waals surface area contributed by atoms with E-state index in [2.05, 4.69) is 25.6 Å². The average Bonchev–Trinajstić information content (AvgIpc) is 3.24. The van der Waals surface area contributed by atoms with E-state index in [4.69, 9.17) is 9.72 Å². The minimum Gasteiger partial charge on any atom is -0.489 e. The predicted molar refractivity (Wildman–Crippen MR) is 163 cm³/mol. The van der Waals surface area contributed by atoms with Crippen molar-refractivity contribution in [2.24, 2.45) is 5.10 Å². The lowest BCUT2D eigenvalue weighted by Gasteiger charge is -2.12. The number of nitro groups is 1. The van der Waals surface area contributed by atoms with Crippen molar-refractivity contribution in [3.05, 3.63) is 126 Å². The van der Waals surface area contributed by atoms with Crippen LogP contribution in [-0.2, 0) is 6.61 Å². The highest BCUT2D eigenvalue weighted by molar-refractivity contribution is 9.10. The molecule has 0 fully saturated rings. The Bertz CT molecular complexity index is 1860. The number of non-ortho nitro benzene ring substituents is 1. The second kappa shape index (κ2) is 11.5. The lowest BCUT2D eigenvalue weighted by Crippen LogP contribution is -2.23. The number of hydrogen-bond donors (Lipinski definition) is 0. The SMILES string of the molecule is Cc1cc(C=Nn2c(C(C)C)nc3ccc(Br)cc3c2=O)c(C)n1-c1ccc(OCc2cccc([N+](=O)[O-])c2)cc1. The van der Waals surface area contributed by atoms with Gasteiger partial charge in [-0.15, -0.1) is 0 Å². The van der Waals surface area contributed by atoms with E-state index in [1.54, 1.807) is 24.4 Å². The number of benzene rings is 3. The predicted octanol–water partition coefficient (Wildman–Crippen LogP) is 7.06. The molecule has 0 aliphatic carbocycles. The first-order valence-electron chi connectivity index (χ1n) is 13.0. The van der Waals surface area contributed by atoms with Crippen LogP contribution >= 0.6 is 15.9 Å². The molecule has 0 amide bonds. The molecule has 0 aliphatic heterocycles. The molecule has 0 saturated carbocycles. The minimum atomic E-state index is -0.418. The van der Waals surface area contributed by atoms with Crippen molar-refractivity contribution in [3.8, 4) is 11.4 Å². The highest BCUT2D eigenvalue weighted by atomic mass is 79.9. The minimum absolute atomic E-state index is 0.00179. The standard InChI is InChI=1S/C31H28BrN5O4/c1-19(2)30-34-29-13-8-24(32)16-28(29)31(38)36(30)33-17-23-14-20(3)35(21(23)4)25-9-11-27(12-10-25)41-18-22-6-5-7-26(15-22)37(39)40/h5-17,19H,18H2,1-4H3. The molecule has 0 saturated heterocycles. The third-order valence-corrected chi connectivity index (χ3v) is 7.25. The molecule has 0 atom stereocenters. The number of aryl methyl sites for hydroxylation is 1. The van der Waals surface area contributed by atoms with Crippen LogP contribution in [0.3, 0.4) is 0 Å². The van der Waals surface area contributed by atoms with Gasteiger partial charge in [0.15, 0.2) is 0 Å². The van der Waals surface area contributed by atoms with E-state index in [-0.39, 0.29) is 23.8 Å².